The second-order valence-electron chi connectivity index (χ2n) is 7.12. The molecule has 1 aliphatic rings. The molecule has 6 nitrogen and oxygen atoms in total. The fourth-order valence-corrected chi connectivity index (χ4v) is 3.70. The third-order valence-corrected chi connectivity index (χ3v) is 5.21. The number of benzene rings is 2. The lowest BCUT2D eigenvalue weighted by molar-refractivity contribution is -0.133. The van der Waals surface area contributed by atoms with E-state index in [-0.39, 0.29) is 30.5 Å². The zero-order valence-electron chi connectivity index (χ0n) is 16.1. The maximum Gasteiger partial charge on any atom is 0.224 e. The number of hydrogen-bond acceptors (Lipinski definition) is 3. The van der Waals surface area contributed by atoms with E-state index < -0.39 is 0 Å². The monoisotopic (exact) mass is 395 g/mol. The molecule has 150 valence electrons. The number of amides is 2. The van der Waals surface area contributed by atoms with Gasteiger partial charge in [0.05, 0.1) is 7.11 Å². The molecule has 2 amide bonds. The normalized spacial score (nSPS) is 13.2. The van der Waals surface area contributed by atoms with Crippen LogP contribution in [0.5, 0.6) is 5.75 Å². The van der Waals surface area contributed by atoms with Gasteiger partial charge in [0, 0.05) is 66.3 Å². The molecule has 0 fully saturated rings. The van der Waals surface area contributed by atoms with Crippen LogP contribution in [0.1, 0.15) is 24.1 Å². The largest absolute Gasteiger partial charge is 0.497 e. The molecule has 2 aromatic carbocycles. The van der Waals surface area contributed by atoms with Gasteiger partial charge in [-0.2, -0.15) is 0 Å². The van der Waals surface area contributed by atoms with Gasteiger partial charge >= 0.3 is 0 Å². The minimum absolute atomic E-state index is 0.0813. The van der Waals surface area contributed by atoms with Gasteiger partial charge in [0.2, 0.25) is 11.8 Å². The number of nitrogens with zero attached hydrogens (tertiary/aromatic N) is 1. The van der Waals surface area contributed by atoms with E-state index in [0.29, 0.717) is 30.9 Å². The second kappa shape index (κ2) is 7.95. The molecule has 7 heteroatoms. The van der Waals surface area contributed by atoms with E-state index in [2.05, 4.69) is 10.3 Å². The van der Waals surface area contributed by atoms with Crippen LogP contribution in [0.15, 0.2) is 42.5 Å². The smallest absolute Gasteiger partial charge is 0.224 e. The molecule has 1 aromatic heterocycles. The van der Waals surface area contributed by atoms with E-state index in [1.807, 2.05) is 0 Å². The van der Waals surface area contributed by atoms with Gasteiger partial charge < -0.3 is 19.9 Å². The number of fused-ring (bicyclic) bond motifs is 3. The summed E-state index contributed by atoms with van der Waals surface area (Å²) in [5.74, 6) is 0.0517. The summed E-state index contributed by atoms with van der Waals surface area (Å²) in [6.45, 7) is 1.01. The lowest BCUT2D eigenvalue weighted by Crippen LogP contribution is -2.36. The van der Waals surface area contributed by atoms with Gasteiger partial charge in [0.15, 0.2) is 0 Å². The molecule has 0 spiro atoms. The number of anilines is 1. The summed E-state index contributed by atoms with van der Waals surface area (Å²) in [5.41, 5.74) is 3.51. The predicted octanol–water partition coefficient (Wildman–Crippen LogP) is 3.62. The van der Waals surface area contributed by atoms with Crippen molar-refractivity contribution in [3.63, 3.8) is 0 Å². The van der Waals surface area contributed by atoms with Crippen molar-refractivity contribution in [2.75, 3.05) is 19.0 Å². The Hall–Kier alpha value is -3.35. The highest BCUT2D eigenvalue weighted by Gasteiger charge is 2.24. The highest BCUT2D eigenvalue weighted by atomic mass is 19.1. The van der Waals surface area contributed by atoms with Gasteiger partial charge in [-0.15, -0.1) is 0 Å². The van der Waals surface area contributed by atoms with Crippen LogP contribution in [-0.2, 0) is 22.6 Å². The van der Waals surface area contributed by atoms with Crippen molar-refractivity contribution < 1.29 is 18.7 Å². The highest BCUT2D eigenvalue weighted by molar-refractivity contribution is 5.93. The Morgan fingerprint density at radius 3 is 2.90 bits per heavy atom. The van der Waals surface area contributed by atoms with Crippen molar-refractivity contribution in [3.8, 4) is 5.75 Å². The van der Waals surface area contributed by atoms with E-state index in [9.17, 15) is 14.0 Å². The zero-order chi connectivity index (χ0) is 20.4. The molecule has 0 saturated heterocycles. The summed E-state index contributed by atoms with van der Waals surface area (Å²) in [6.07, 6.45) is 0.914. The van der Waals surface area contributed by atoms with Crippen LogP contribution in [0.25, 0.3) is 10.9 Å². The first-order chi connectivity index (χ1) is 14.0. The van der Waals surface area contributed by atoms with Crippen molar-refractivity contribution in [2.45, 2.75) is 25.8 Å². The molecular weight excluding hydrogens is 373 g/mol. The van der Waals surface area contributed by atoms with E-state index >= 15 is 0 Å². The molecule has 0 atom stereocenters. The molecule has 0 bridgehead atoms. The van der Waals surface area contributed by atoms with Crippen molar-refractivity contribution in [2.24, 2.45) is 0 Å². The van der Waals surface area contributed by atoms with Gasteiger partial charge in [-0.3, -0.25) is 9.59 Å². The van der Waals surface area contributed by atoms with Crippen molar-refractivity contribution in [1.82, 2.24) is 9.88 Å². The molecule has 0 saturated carbocycles. The predicted molar refractivity (Wildman–Crippen MR) is 108 cm³/mol. The molecule has 0 unspecified atom stereocenters. The SMILES string of the molecule is COc1cccc(NC(=O)CCC(=O)N2CCc3[nH]c4ccc(F)cc4c3C2)c1. The van der Waals surface area contributed by atoms with Crippen LogP contribution in [0, 0.1) is 5.82 Å². The summed E-state index contributed by atoms with van der Waals surface area (Å²) in [6, 6.07) is 11.7. The topological polar surface area (TPSA) is 74.4 Å². The number of hydrogen-bond donors (Lipinski definition) is 2. The Bertz CT molecular complexity index is 1080. The number of carbonyl (C=O) groups is 2. The minimum atomic E-state index is -0.294. The van der Waals surface area contributed by atoms with E-state index in [0.717, 1.165) is 22.2 Å². The van der Waals surface area contributed by atoms with Crippen LogP contribution in [0.3, 0.4) is 0 Å². The maximum atomic E-state index is 13.6. The summed E-state index contributed by atoms with van der Waals surface area (Å²) in [5, 5.41) is 3.59. The van der Waals surface area contributed by atoms with Crippen LogP contribution >= 0.6 is 0 Å². The standard InChI is InChI=1S/C22H22FN3O3/c1-29-16-4-2-3-15(12-16)24-21(27)7-8-22(28)26-10-9-20-18(13-26)17-11-14(23)5-6-19(17)25-20/h2-6,11-12,25H,7-10,13H2,1H3,(H,24,27). The first-order valence-electron chi connectivity index (χ1n) is 9.54. The number of rotatable bonds is 5. The lowest BCUT2D eigenvalue weighted by Gasteiger charge is -2.27. The Labute approximate surface area is 167 Å². The molecular formula is C22H22FN3O3. The lowest BCUT2D eigenvalue weighted by atomic mass is 10.0. The number of carbonyl (C=O) groups excluding carboxylic acids is 2. The summed E-state index contributed by atoms with van der Waals surface area (Å²) < 4.78 is 18.8. The minimum Gasteiger partial charge on any atom is -0.497 e. The average Bonchev–Trinajstić information content (AvgIpc) is 3.09. The van der Waals surface area contributed by atoms with Crippen molar-refractivity contribution >= 4 is 28.4 Å². The second-order valence-corrected chi connectivity index (χ2v) is 7.12. The Morgan fingerprint density at radius 1 is 1.21 bits per heavy atom. The molecule has 0 aliphatic carbocycles. The molecule has 1 aliphatic heterocycles. The number of aromatic amines is 1. The van der Waals surface area contributed by atoms with Gasteiger partial charge in [-0.1, -0.05) is 6.07 Å². The fraction of sp³-hybridized carbons (Fsp3) is 0.273. The molecule has 4 rings (SSSR count). The molecule has 2 N–H and O–H groups in total. The Balaban J connectivity index is 1.36. The first-order valence-corrected chi connectivity index (χ1v) is 9.54. The molecule has 29 heavy (non-hydrogen) atoms. The molecule has 3 aromatic rings. The van der Waals surface area contributed by atoms with E-state index in [1.165, 1.54) is 12.1 Å². The molecule has 0 radical (unpaired) electrons. The van der Waals surface area contributed by atoms with Crippen LogP contribution < -0.4 is 10.1 Å². The third-order valence-electron chi connectivity index (χ3n) is 5.21. The van der Waals surface area contributed by atoms with Gasteiger partial charge in [-0.25, -0.2) is 4.39 Å². The number of methoxy groups -OCH3 is 1. The number of halogens is 1. The number of ether oxygens (including phenoxy) is 1. The fourth-order valence-electron chi connectivity index (χ4n) is 3.70. The zero-order valence-corrected chi connectivity index (χ0v) is 16.1. The summed E-state index contributed by atoms with van der Waals surface area (Å²) in [4.78, 5) is 29.9. The first kappa shape index (κ1) is 19.0. The van der Waals surface area contributed by atoms with Gasteiger partial charge in [0.1, 0.15) is 11.6 Å². The maximum absolute atomic E-state index is 13.6. The van der Waals surface area contributed by atoms with Gasteiger partial charge in [-0.05, 0) is 30.3 Å². The number of H-pyrrole nitrogens is 1. The van der Waals surface area contributed by atoms with Crippen LogP contribution in [0.2, 0.25) is 0 Å². The van der Waals surface area contributed by atoms with Crippen LogP contribution in [-0.4, -0.2) is 35.4 Å². The van der Waals surface area contributed by atoms with Crippen LogP contribution in [0.4, 0.5) is 10.1 Å². The Morgan fingerprint density at radius 2 is 2.07 bits per heavy atom. The quantitative estimate of drug-likeness (QED) is 0.693. The number of aromatic nitrogens is 1. The third kappa shape index (κ3) is 4.08. The molecule has 2 heterocycles. The number of nitrogens with one attached hydrogen (secondary N) is 2. The van der Waals surface area contributed by atoms with Crippen molar-refractivity contribution in [3.05, 3.63) is 59.5 Å². The van der Waals surface area contributed by atoms with Crippen molar-refractivity contribution in [1.29, 1.82) is 0 Å². The Kier molecular flexibility index (Phi) is 5.20. The van der Waals surface area contributed by atoms with E-state index in [4.69, 9.17) is 4.74 Å². The summed E-state index contributed by atoms with van der Waals surface area (Å²) in [7, 11) is 1.56. The summed E-state index contributed by atoms with van der Waals surface area (Å²) >= 11 is 0. The highest BCUT2D eigenvalue weighted by Crippen LogP contribution is 2.28. The average molecular weight is 395 g/mol. The van der Waals surface area contributed by atoms with E-state index in [1.54, 1.807) is 42.3 Å². The van der Waals surface area contributed by atoms with Gasteiger partial charge in [0.25, 0.3) is 0 Å².